The highest BCUT2D eigenvalue weighted by atomic mass is 19.3. The fraction of sp³-hybridized carbons (Fsp3) is 0.500. The van der Waals surface area contributed by atoms with Crippen LogP contribution in [-0.4, -0.2) is 6.61 Å². The molecule has 0 spiro atoms. The van der Waals surface area contributed by atoms with Gasteiger partial charge in [0.2, 0.25) is 0 Å². The van der Waals surface area contributed by atoms with Gasteiger partial charge in [0.1, 0.15) is 5.75 Å². The van der Waals surface area contributed by atoms with Gasteiger partial charge in [-0.1, -0.05) is 13.8 Å². The van der Waals surface area contributed by atoms with E-state index in [9.17, 15) is 8.78 Å². The first-order valence-electron chi connectivity index (χ1n) is 5.31. The minimum Gasteiger partial charge on any atom is -0.493 e. The lowest BCUT2D eigenvalue weighted by molar-refractivity contribution is 0.144. The summed E-state index contributed by atoms with van der Waals surface area (Å²) in [5.74, 6) is 0.716. The van der Waals surface area contributed by atoms with E-state index in [0.717, 1.165) is 6.42 Å². The van der Waals surface area contributed by atoms with Gasteiger partial charge in [-0.15, -0.1) is 0 Å². The second-order valence-electron chi connectivity index (χ2n) is 4.13. The largest absolute Gasteiger partial charge is 0.493 e. The lowest BCUT2D eigenvalue weighted by Crippen LogP contribution is -2.04. The monoisotopic (exact) mass is 229 g/mol. The second kappa shape index (κ2) is 5.68. The third kappa shape index (κ3) is 3.68. The molecule has 0 saturated heterocycles. The molecule has 0 aliphatic carbocycles. The molecule has 0 heterocycles. The van der Waals surface area contributed by atoms with Gasteiger partial charge < -0.3 is 10.5 Å². The summed E-state index contributed by atoms with van der Waals surface area (Å²) in [5.41, 5.74) is 5.64. The second-order valence-corrected chi connectivity index (χ2v) is 4.13. The Morgan fingerprint density at radius 1 is 1.31 bits per heavy atom. The molecule has 0 bridgehead atoms. The van der Waals surface area contributed by atoms with Gasteiger partial charge >= 0.3 is 0 Å². The van der Waals surface area contributed by atoms with E-state index in [1.54, 1.807) is 6.07 Å². The molecular weight excluding hydrogens is 212 g/mol. The third-order valence-electron chi connectivity index (χ3n) is 2.22. The van der Waals surface area contributed by atoms with Crippen LogP contribution in [-0.2, 0) is 0 Å². The number of ether oxygens (including phenoxy) is 1. The first kappa shape index (κ1) is 12.7. The van der Waals surface area contributed by atoms with Crippen molar-refractivity contribution in [2.24, 2.45) is 5.92 Å². The number of benzene rings is 1. The predicted octanol–water partition coefficient (Wildman–Crippen LogP) is 3.63. The molecule has 0 radical (unpaired) electrons. The molecule has 2 N–H and O–H groups in total. The lowest BCUT2D eigenvalue weighted by Gasteiger charge is -2.12. The van der Waals surface area contributed by atoms with E-state index < -0.39 is 6.43 Å². The van der Waals surface area contributed by atoms with E-state index in [0.29, 0.717) is 18.2 Å². The van der Waals surface area contributed by atoms with Crippen molar-refractivity contribution in [2.45, 2.75) is 26.7 Å². The molecule has 90 valence electrons. The van der Waals surface area contributed by atoms with Crippen LogP contribution in [0.1, 0.15) is 32.3 Å². The molecule has 1 aromatic carbocycles. The Hall–Kier alpha value is -1.32. The van der Waals surface area contributed by atoms with E-state index in [4.69, 9.17) is 10.5 Å². The maximum absolute atomic E-state index is 12.7. The normalized spacial score (nSPS) is 11.1. The molecule has 0 saturated carbocycles. The number of nitrogen functional groups attached to an aromatic ring is 1. The van der Waals surface area contributed by atoms with Gasteiger partial charge in [-0.25, -0.2) is 8.78 Å². The Kier molecular flexibility index (Phi) is 4.52. The maximum atomic E-state index is 12.7. The Labute approximate surface area is 94.4 Å². The zero-order chi connectivity index (χ0) is 12.1. The van der Waals surface area contributed by atoms with Crippen molar-refractivity contribution < 1.29 is 13.5 Å². The summed E-state index contributed by atoms with van der Waals surface area (Å²) < 4.78 is 30.6. The molecule has 4 heteroatoms. The number of hydrogen-bond acceptors (Lipinski definition) is 2. The van der Waals surface area contributed by atoms with Crippen molar-refractivity contribution >= 4 is 5.69 Å². The minimum absolute atomic E-state index is 0.135. The van der Waals surface area contributed by atoms with E-state index in [-0.39, 0.29) is 11.3 Å². The smallest absolute Gasteiger partial charge is 0.267 e. The van der Waals surface area contributed by atoms with Crippen LogP contribution in [0.5, 0.6) is 5.75 Å². The molecule has 1 aromatic rings. The lowest BCUT2D eigenvalue weighted by atomic mass is 10.1. The Morgan fingerprint density at radius 2 is 2.00 bits per heavy atom. The van der Waals surface area contributed by atoms with Gasteiger partial charge in [0, 0.05) is 5.69 Å². The molecule has 1 rings (SSSR count). The molecule has 0 aliphatic rings. The summed E-state index contributed by atoms with van der Waals surface area (Å²) in [6.07, 6.45) is -1.72. The van der Waals surface area contributed by atoms with Crippen LogP contribution < -0.4 is 10.5 Å². The van der Waals surface area contributed by atoms with Crippen LogP contribution in [0.15, 0.2) is 18.2 Å². The molecule has 2 nitrogen and oxygen atoms in total. The van der Waals surface area contributed by atoms with Crippen LogP contribution >= 0.6 is 0 Å². The molecule has 0 aliphatic heterocycles. The number of alkyl halides is 2. The van der Waals surface area contributed by atoms with Gasteiger partial charge in [-0.05, 0) is 30.5 Å². The quantitative estimate of drug-likeness (QED) is 0.782. The zero-order valence-electron chi connectivity index (χ0n) is 9.54. The van der Waals surface area contributed by atoms with Crippen LogP contribution in [0, 0.1) is 5.92 Å². The summed E-state index contributed by atoms with van der Waals surface area (Å²) in [6.45, 7) is 4.56. The first-order valence-corrected chi connectivity index (χ1v) is 5.31. The minimum atomic E-state index is -2.56. The van der Waals surface area contributed by atoms with Crippen molar-refractivity contribution in [3.63, 3.8) is 0 Å². The van der Waals surface area contributed by atoms with Crippen molar-refractivity contribution in [3.8, 4) is 5.75 Å². The highest BCUT2D eigenvalue weighted by Crippen LogP contribution is 2.30. The van der Waals surface area contributed by atoms with Gasteiger partial charge in [0.25, 0.3) is 6.43 Å². The highest BCUT2D eigenvalue weighted by molar-refractivity contribution is 5.48. The van der Waals surface area contributed by atoms with E-state index in [1.165, 1.54) is 12.1 Å². The number of rotatable bonds is 5. The van der Waals surface area contributed by atoms with Gasteiger partial charge in [0.05, 0.1) is 12.2 Å². The van der Waals surface area contributed by atoms with Gasteiger partial charge in [0.15, 0.2) is 0 Å². The number of nitrogens with two attached hydrogens (primary N) is 1. The van der Waals surface area contributed by atoms with Crippen LogP contribution in [0.25, 0.3) is 0 Å². The summed E-state index contributed by atoms with van der Waals surface area (Å²) in [5, 5.41) is 0. The molecular formula is C12H17F2NO. The molecule has 16 heavy (non-hydrogen) atoms. The predicted molar refractivity (Wildman–Crippen MR) is 60.8 cm³/mol. The first-order chi connectivity index (χ1) is 7.50. The summed E-state index contributed by atoms with van der Waals surface area (Å²) in [7, 11) is 0. The standard InChI is InChI=1S/C12H17F2NO/c1-8(2)5-6-16-11-4-3-9(15)7-10(11)12(13)14/h3-4,7-8,12H,5-6,15H2,1-2H3. The van der Waals surface area contributed by atoms with Gasteiger partial charge in [-0.2, -0.15) is 0 Å². The molecule has 0 amide bonds. The Balaban J connectivity index is 2.71. The van der Waals surface area contributed by atoms with E-state index >= 15 is 0 Å². The van der Waals surface area contributed by atoms with Crippen molar-refractivity contribution in [2.75, 3.05) is 12.3 Å². The Morgan fingerprint density at radius 3 is 2.56 bits per heavy atom. The van der Waals surface area contributed by atoms with Crippen LogP contribution in [0.3, 0.4) is 0 Å². The molecule has 0 atom stereocenters. The third-order valence-corrected chi connectivity index (χ3v) is 2.22. The molecule has 0 fully saturated rings. The Bertz CT molecular complexity index is 340. The van der Waals surface area contributed by atoms with E-state index in [2.05, 4.69) is 13.8 Å². The van der Waals surface area contributed by atoms with Crippen molar-refractivity contribution in [3.05, 3.63) is 23.8 Å². The number of hydrogen-bond donors (Lipinski definition) is 1. The SMILES string of the molecule is CC(C)CCOc1ccc(N)cc1C(F)F. The van der Waals surface area contributed by atoms with Gasteiger partial charge in [-0.3, -0.25) is 0 Å². The van der Waals surface area contributed by atoms with Crippen molar-refractivity contribution in [1.82, 2.24) is 0 Å². The average molecular weight is 229 g/mol. The van der Waals surface area contributed by atoms with Crippen LogP contribution in [0.2, 0.25) is 0 Å². The summed E-state index contributed by atoms with van der Waals surface area (Å²) in [6, 6.07) is 4.32. The van der Waals surface area contributed by atoms with Crippen LogP contribution in [0.4, 0.5) is 14.5 Å². The number of halogens is 2. The fourth-order valence-corrected chi connectivity index (χ4v) is 1.27. The maximum Gasteiger partial charge on any atom is 0.267 e. The summed E-state index contributed by atoms with van der Waals surface area (Å²) in [4.78, 5) is 0. The summed E-state index contributed by atoms with van der Waals surface area (Å²) >= 11 is 0. The zero-order valence-corrected chi connectivity index (χ0v) is 9.54. The molecule has 0 aromatic heterocycles. The topological polar surface area (TPSA) is 35.2 Å². The van der Waals surface area contributed by atoms with E-state index in [1.807, 2.05) is 0 Å². The fourth-order valence-electron chi connectivity index (χ4n) is 1.27. The highest BCUT2D eigenvalue weighted by Gasteiger charge is 2.14. The molecule has 0 unspecified atom stereocenters. The average Bonchev–Trinajstić information content (AvgIpc) is 2.19. The van der Waals surface area contributed by atoms with Crippen molar-refractivity contribution in [1.29, 1.82) is 0 Å². The number of anilines is 1.